The number of anilines is 1. The Bertz CT molecular complexity index is 778. The molecule has 3 heterocycles. The van der Waals surface area contributed by atoms with Crippen LogP contribution in [0, 0.1) is 5.92 Å². The van der Waals surface area contributed by atoms with E-state index in [2.05, 4.69) is 24.1 Å². The van der Waals surface area contributed by atoms with Crippen LogP contribution in [0.25, 0.3) is 0 Å². The van der Waals surface area contributed by atoms with Gasteiger partial charge in [0.15, 0.2) is 11.0 Å². The molecule has 2 aromatic heterocycles. The van der Waals surface area contributed by atoms with Crippen molar-refractivity contribution in [2.75, 3.05) is 18.9 Å². The molecular formula is C17H24N6OS. The molecule has 0 bridgehead atoms. The van der Waals surface area contributed by atoms with Crippen LogP contribution in [-0.4, -0.2) is 44.1 Å². The number of aromatic nitrogens is 4. The van der Waals surface area contributed by atoms with Crippen LogP contribution in [0.2, 0.25) is 0 Å². The van der Waals surface area contributed by atoms with Gasteiger partial charge in [-0.3, -0.25) is 4.79 Å². The number of hydrogen-bond donors (Lipinski definition) is 1. The third-order valence-corrected chi connectivity index (χ3v) is 5.64. The predicted octanol–water partition coefficient (Wildman–Crippen LogP) is 2.90. The van der Waals surface area contributed by atoms with Crippen molar-refractivity contribution in [2.45, 2.75) is 51.6 Å². The first kappa shape index (κ1) is 16.5. The summed E-state index contributed by atoms with van der Waals surface area (Å²) in [7, 11) is 1.82. The zero-order valence-electron chi connectivity index (χ0n) is 14.9. The maximum absolute atomic E-state index is 13.1. The van der Waals surface area contributed by atoms with Crippen LogP contribution in [0.4, 0.5) is 5.13 Å². The Kier molecular flexibility index (Phi) is 4.23. The number of thiazole rings is 1. The molecule has 1 aliphatic heterocycles. The number of nitrogens with one attached hydrogen (secondary N) is 1. The summed E-state index contributed by atoms with van der Waals surface area (Å²) < 4.78 is 2.02. The fraction of sp³-hybridized carbons (Fsp3) is 0.647. The topological polar surface area (TPSA) is 75.9 Å². The second kappa shape index (κ2) is 6.40. The monoisotopic (exact) mass is 360 g/mol. The lowest BCUT2D eigenvalue weighted by Crippen LogP contribution is -2.43. The van der Waals surface area contributed by atoms with Crippen LogP contribution in [0.5, 0.6) is 0 Å². The lowest BCUT2D eigenvalue weighted by molar-refractivity contribution is 0.0573. The Balaban J connectivity index is 1.64. The van der Waals surface area contributed by atoms with E-state index < -0.39 is 0 Å². The SMILES string of the molecule is CNc1nc(C(=O)N2CCn3nc(C4CC4)nc3[C@@H]2CC(C)C)cs1. The molecule has 4 rings (SSSR count). The van der Waals surface area contributed by atoms with Crippen molar-refractivity contribution < 1.29 is 4.79 Å². The van der Waals surface area contributed by atoms with Gasteiger partial charge in [0.1, 0.15) is 11.5 Å². The Hall–Kier alpha value is -1.96. The van der Waals surface area contributed by atoms with E-state index in [-0.39, 0.29) is 11.9 Å². The molecule has 1 amide bonds. The number of hydrogen-bond acceptors (Lipinski definition) is 6. The molecule has 1 atom stereocenters. The van der Waals surface area contributed by atoms with Gasteiger partial charge < -0.3 is 10.2 Å². The fourth-order valence-corrected chi connectivity index (χ4v) is 4.00. The second-order valence-electron chi connectivity index (χ2n) is 7.26. The molecule has 8 heteroatoms. The minimum Gasteiger partial charge on any atom is -0.365 e. The average molecular weight is 360 g/mol. The highest BCUT2D eigenvalue weighted by Crippen LogP contribution is 2.40. The molecular weight excluding hydrogens is 336 g/mol. The van der Waals surface area contributed by atoms with Gasteiger partial charge in [-0.15, -0.1) is 11.3 Å². The maximum Gasteiger partial charge on any atom is 0.274 e. The van der Waals surface area contributed by atoms with Crippen molar-refractivity contribution in [3.05, 3.63) is 22.7 Å². The van der Waals surface area contributed by atoms with Gasteiger partial charge in [-0.2, -0.15) is 5.10 Å². The third kappa shape index (κ3) is 3.15. The van der Waals surface area contributed by atoms with Crippen LogP contribution >= 0.6 is 11.3 Å². The van der Waals surface area contributed by atoms with Crippen LogP contribution in [-0.2, 0) is 6.54 Å². The summed E-state index contributed by atoms with van der Waals surface area (Å²) in [5.41, 5.74) is 0.512. The Morgan fingerprint density at radius 2 is 2.16 bits per heavy atom. The maximum atomic E-state index is 13.1. The highest BCUT2D eigenvalue weighted by atomic mass is 32.1. The number of carbonyl (C=O) groups excluding carboxylic acids is 1. The number of carbonyl (C=O) groups is 1. The van der Waals surface area contributed by atoms with E-state index in [0.717, 1.165) is 23.2 Å². The van der Waals surface area contributed by atoms with E-state index in [1.807, 2.05) is 22.0 Å². The average Bonchev–Trinajstić information content (AvgIpc) is 3.17. The normalized spacial score (nSPS) is 20.0. The lowest BCUT2D eigenvalue weighted by atomic mass is 10.00. The Morgan fingerprint density at radius 1 is 1.36 bits per heavy atom. The molecule has 134 valence electrons. The second-order valence-corrected chi connectivity index (χ2v) is 8.12. The van der Waals surface area contributed by atoms with Crippen molar-refractivity contribution in [1.82, 2.24) is 24.6 Å². The summed E-state index contributed by atoms with van der Waals surface area (Å²) in [6, 6.07) is -0.0269. The quantitative estimate of drug-likeness (QED) is 0.887. The first-order valence-corrected chi connectivity index (χ1v) is 9.83. The minimum atomic E-state index is -0.0269. The standard InChI is InChI=1S/C17H24N6OS/c1-10(2)8-13-15-20-14(11-4-5-11)21-23(15)7-6-22(13)16(24)12-9-25-17(18-3)19-12/h9-11,13H,4-8H2,1-3H3,(H,18,19)/t13-/m0/s1. The van der Waals surface area contributed by atoms with E-state index in [1.165, 1.54) is 24.2 Å². The summed E-state index contributed by atoms with van der Waals surface area (Å²) in [6.07, 6.45) is 3.26. The molecule has 2 aliphatic rings. The molecule has 0 spiro atoms. The van der Waals surface area contributed by atoms with Gasteiger partial charge in [-0.05, 0) is 25.2 Å². The van der Waals surface area contributed by atoms with Crippen molar-refractivity contribution in [3.63, 3.8) is 0 Å². The van der Waals surface area contributed by atoms with Crippen molar-refractivity contribution in [1.29, 1.82) is 0 Å². The van der Waals surface area contributed by atoms with E-state index in [4.69, 9.17) is 10.1 Å². The predicted molar refractivity (Wildman–Crippen MR) is 96.9 cm³/mol. The van der Waals surface area contributed by atoms with Crippen LogP contribution in [0.15, 0.2) is 5.38 Å². The summed E-state index contributed by atoms with van der Waals surface area (Å²) >= 11 is 1.46. The summed E-state index contributed by atoms with van der Waals surface area (Å²) in [5, 5.41) is 10.3. The molecule has 1 saturated carbocycles. The smallest absolute Gasteiger partial charge is 0.274 e. The zero-order valence-corrected chi connectivity index (χ0v) is 15.7. The number of rotatable bonds is 5. The number of nitrogens with zero attached hydrogens (tertiary/aromatic N) is 5. The minimum absolute atomic E-state index is 0.00868. The molecule has 0 unspecified atom stereocenters. The van der Waals surface area contributed by atoms with Gasteiger partial charge in [0, 0.05) is 24.9 Å². The Labute approximate surface area is 151 Å². The van der Waals surface area contributed by atoms with Gasteiger partial charge in [0.2, 0.25) is 0 Å². The van der Waals surface area contributed by atoms with Gasteiger partial charge in [0.05, 0.1) is 12.6 Å². The first-order chi connectivity index (χ1) is 12.1. The number of amides is 1. The van der Waals surface area contributed by atoms with Crippen molar-refractivity contribution in [3.8, 4) is 0 Å². The fourth-order valence-electron chi connectivity index (χ4n) is 3.35. The highest BCUT2D eigenvalue weighted by molar-refractivity contribution is 7.13. The van der Waals surface area contributed by atoms with Crippen LogP contribution in [0.3, 0.4) is 0 Å². The molecule has 2 aromatic rings. The van der Waals surface area contributed by atoms with Crippen LogP contribution in [0.1, 0.15) is 67.2 Å². The molecule has 1 fully saturated rings. The van der Waals surface area contributed by atoms with Crippen molar-refractivity contribution >= 4 is 22.4 Å². The van der Waals surface area contributed by atoms with Gasteiger partial charge in [-0.1, -0.05) is 13.8 Å². The molecule has 1 N–H and O–H groups in total. The highest BCUT2D eigenvalue weighted by Gasteiger charge is 2.37. The molecule has 0 aromatic carbocycles. The summed E-state index contributed by atoms with van der Waals surface area (Å²) in [4.78, 5) is 24.2. The van der Waals surface area contributed by atoms with E-state index in [1.54, 1.807) is 0 Å². The molecule has 7 nitrogen and oxygen atoms in total. The van der Waals surface area contributed by atoms with E-state index in [0.29, 0.717) is 30.6 Å². The summed E-state index contributed by atoms with van der Waals surface area (Å²) in [5.74, 6) is 2.89. The Morgan fingerprint density at radius 3 is 2.80 bits per heavy atom. The largest absolute Gasteiger partial charge is 0.365 e. The summed E-state index contributed by atoms with van der Waals surface area (Å²) in [6.45, 7) is 5.73. The molecule has 0 radical (unpaired) electrons. The van der Waals surface area contributed by atoms with Crippen molar-refractivity contribution in [2.24, 2.45) is 5.92 Å². The third-order valence-electron chi connectivity index (χ3n) is 4.78. The number of fused-ring (bicyclic) bond motifs is 1. The van der Waals surface area contributed by atoms with Crippen LogP contribution < -0.4 is 5.32 Å². The van der Waals surface area contributed by atoms with Gasteiger partial charge >= 0.3 is 0 Å². The molecule has 1 aliphatic carbocycles. The van der Waals surface area contributed by atoms with E-state index >= 15 is 0 Å². The van der Waals surface area contributed by atoms with Gasteiger partial charge in [0.25, 0.3) is 5.91 Å². The zero-order chi connectivity index (χ0) is 17.6. The first-order valence-electron chi connectivity index (χ1n) is 8.95. The molecule has 0 saturated heterocycles. The lowest BCUT2D eigenvalue weighted by Gasteiger charge is -2.35. The molecule has 25 heavy (non-hydrogen) atoms. The van der Waals surface area contributed by atoms with E-state index in [9.17, 15) is 4.79 Å². The van der Waals surface area contributed by atoms with Gasteiger partial charge in [-0.25, -0.2) is 14.6 Å².